The van der Waals surface area contributed by atoms with E-state index in [1.165, 1.54) is 0 Å². The molecule has 3 heterocycles. The largest absolute Gasteiger partial charge is 0.385 e. The van der Waals surface area contributed by atoms with Crippen molar-refractivity contribution in [1.82, 2.24) is 19.7 Å². The molecule has 0 bridgehead atoms. The van der Waals surface area contributed by atoms with Crippen LogP contribution in [0.4, 0.5) is 0 Å². The van der Waals surface area contributed by atoms with Gasteiger partial charge in [0.25, 0.3) is 0 Å². The lowest BCUT2D eigenvalue weighted by Gasteiger charge is -2.43. The Labute approximate surface area is 148 Å². The topological polar surface area (TPSA) is 77.0 Å². The number of hydrogen-bond donors (Lipinski definition) is 1. The maximum Gasteiger partial charge on any atom is 0.241 e. The van der Waals surface area contributed by atoms with Gasteiger partial charge in [-0.3, -0.25) is 19.5 Å². The molecule has 0 unspecified atom stereocenters. The average Bonchev–Trinajstić information content (AvgIpc) is 2.63. The number of piperidine rings is 1. The van der Waals surface area contributed by atoms with Crippen LogP contribution in [0.2, 0.25) is 0 Å². The summed E-state index contributed by atoms with van der Waals surface area (Å²) >= 11 is 0. The van der Waals surface area contributed by atoms with Gasteiger partial charge in [0.05, 0.1) is 5.60 Å². The van der Waals surface area contributed by atoms with Crippen LogP contribution in [0, 0.1) is 0 Å². The molecule has 1 aromatic rings. The lowest BCUT2D eigenvalue weighted by atomic mass is 9.85. The fourth-order valence-corrected chi connectivity index (χ4v) is 3.66. The van der Waals surface area contributed by atoms with Crippen LogP contribution in [0.5, 0.6) is 0 Å². The van der Waals surface area contributed by atoms with E-state index in [9.17, 15) is 14.7 Å². The van der Waals surface area contributed by atoms with Gasteiger partial charge in [0, 0.05) is 57.6 Å². The van der Waals surface area contributed by atoms with Gasteiger partial charge >= 0.3 is 0 Å². The highest BCUT2D eigenvalue weighted by molar-refractivity contribution is 5.83. The van der Waals surface area contributed by atoms with E-state index in [2.05, 4.69) is 4.98 Å². The smallest absolute Gasteiger partial charge is 0.241 e. The molecular weight excluding hydrogens is 320 g/mol. The number of aliphatic hydroxyl groups is 1. The van der Waals surface area contributed by atoms with Crippen molar-refractivity contribution in [3.8, 4) is 0 Å². The van der Waals surface area contributed by atoms with E-state index in [1.807, 2.05) is 29.0 Å². The number of aromatic nitrogens is 1. The molecule has 7 heteroatoms. The second-order valence-electron chi connectivity index (χ2n) is 7.06. The van der Waals surface area contributed by atoms with E-state index in [1.54, 1.807) is 24.2 Å². The molecule has 0 aliphatic carbocycles. The monoisotopic (exact) mass is 346 g/mol. The summed E-state index contributed by atoms with van der Waals surface area (Å²) in [5.41, 5.74) is -0.116. The third-order valence-corrected chi connectivity index (χ3v) is 5.48. The van der Waals surface area contributed by atoms with Gasteiger partial charge in [-0.05, 0) is 26.0 Å². The van der Waals surface area contributed by atoms with Gasteiger partial charge < -0.3 is 14.9 Å². The number of piperazine rings is 1. The molecule has 0 saturated carbocycles. The quantitative estimate of drug-likeness (QED) is 0.819. The summed E-state index contributed by atoms with van der Waals surface area (Å²) in [4.78, 5) is 34.2. The number of nitrogens with zero attached hydrogens (tertiary/aromatic N) is 4. The Kier molecular flexibility index (Phi) is 5.06. The molecule has 1 aromatic heterocycles. The number of likely N-dealkylation sites (tertiary alicyclic amines) is 1. The lowest BCUT2D eigenvalue weighted by Crippen LogP contribution is -2.60. The van der Waals surface area contributed by atoms with Crippen molar-refractivity contribution in [3.05, 3.63) is 30.1 Å². The normalized spacial score (nSPS) is 24.2. The molecule has 1 atom stereocenters. The van der Waals surface area contributed by atoms with Crippen LogP contribution < -0.4 is 0 Å². The molecule has 0 radical (unpaired) electrons. The minimum atomic E-state index is -0.922. The Bertz CT molecular complexity index is 628. The molecule has 2 amide bonds. The van der Waals surface area contributed by atoms with E-state index >= 15 is 0 Å². The Morgan fingerprint density at radius 2 is 1.92 bits per heavy atom. The van der Waals surface area contributed by atoms with Crippen molar-refractivity contribution in [1.29, 1.82) is 0 Å². The predicted octanol–water partition coefficient (Wildman–Crippen LogP) is 0.0541. The van der Waals surface area contributed by atoms with E-state index in [0.29, 0.717) is 45.6 Å². The number of rotatable bonds is 2. The summed E-state index contributed by atoms with van der Waals surface area (Å²) in [6.07, 6.45) is 4.37. The molecule has 0 spiro atoms. The third-order valence-electron chi connectivity index (χ3n) is 5.48. The number of carbonyl (C=O) groups is 2. The second kappa shape index (κ2) is 7.09. The average molecular weight is 346 g/mol. The van der Waals surface area contributed by atoms with E-state index in [0.717, 1.165) is 5.56 Å². The van der Waals surface area contributed by atoms with Crippen LogP contribution in [-0.4, -0.2) is 82.4 Å². The van der Waals surface area contributed by atoms with Crippen molar-refractivity contribution in [2.45, 2.75) is 31.4 Å². The zero-order valence-electron chi connectivity index (χ0n) is 14.9. The SMILES string of the molecule is CC(=O)N1CCN(C)[C@@H](C(=O)N2CCC(O)(c3cccnc3)CC2)C1. The minimum Gasteiger partial charge on any atom is -0.385 e. The maximum absolute atomic E-state index is 12.9. The molecule has 2 fully saturated rings. The van der Waals surface area contributed by atoms with Crippen molar-refractivity contribution in [2.24, 2.45) is 0 Å². The Morgan fingerprint density at radius 1 is 1.20 bits per heavy atom. The summed E-state index contributed by atoms with van der Waals surface area (Å²) in [7, 11) is 1.93. The first-order valence-corrected chi connectivity index (χ1v) is 8.78. The molecule has 2 aliphatic rings. The summed E-state index contributed by atoms with van der Waals surface area (Å²) in [5.74, 6) is 0.0529. The number of carbonyl (C=O) groups excluding carboxylic acids is 2. The minimum absolute atomic E-state index is 0.00972. The summed E-state index contributed by atoms with van der Waals surface area (Å²) in [5, 5.41) is 10.9. The first-order valence-electron chi connectivity index (χ1n) is 8.78. The number of amides is 2. The molecule has 25 heavy (non-hydrogen) atoms. The highest BCUT2D eigenvalue weighted by Gasteiger charge is 2.39. The number of pyridine rings is 1. The van der Waals surface area contributed by atoms with Crippen molar-refractivity contribution >= 4 is 11.8 Å². The van der Waals surface area contributed by atoms with E-state index in [-0.39, 0.29) is 17.9 Å². The predicted molar refractivity (Wildman–Crippen MR) is 92.6 cm³/mol. The Hall–Kier alpha value is -1.99. The van der Waals surface area contributed by atoms with Gasteiger partial charge in [0.1, 0.15) is 6.04 Å². The molecule has 2 aliphatic heterocycles. The van der Waals surface area contributed by atoms with Crippen LogP contribution in [0.25, 0.3) is 0 Å². The van der Waals surface area contributed by atoms with Crippen LogP contribution in [-0.2, 0) is 15.2 Å². The first-order chi connectivity index (χ1) is 11.9. The van der Waals surface area contributed by atoms with Crippen LogP contribution >= 0.6 is 0 Å². The van der Waals surface area contributed by atoms with Gasteiger partial charge in [-0.15, -0.1) is 0 Å². The van der Waals surface area contributed by atoms with Gasteiger partial charge in [-0.25, -0.2) is 0 Å². The van der Waals surface area contributed by atoms with Crippen molar-refractivity contribution < 1.29 is 14.7 Å². The lowest BCUT2D eigenvalue weighted by molar-refractivity contribution is -0.145. The van der Waals surface area contributed by atoms with Crippen molar-refractivity contribution in [3.63, 3.8) is 0 Å². The molecule has 0 aromatic carbocycles. The summed E-state index contributed by atoms with van der Waals surface area (Å²) in [6, 6.07) is 3.39. The van der Waals surface area contributed by atoms with Gasteiger partial charge in [0.15, 0.2) is 0 Å². The van der Waals surface area contributed by atoms with Crippen LogP contribution in [0.15, 0.2) is 24.5 Å². The zero-order chi connectivity index (χ0) is 18.0. The molecule has 1 N–H and O–H groups in total. The van der Waals surface area contributed by atoms with Crippen molar-refractivity contribution in [2.75, 3.05) is 39.8 Å². The Balaban J connectivity index is 1.64. The standard InChI is InChI=1S/C18H26N4O3/c1-14(23)22-11-10-20(2)16(13-22)17(24)21-8-5-18(25,6-9-21)15-4-3-7-19-12-15/h3-4,7,12,16,25H,5-6,8-11,13H2,1-2H3/t16-/m1/s1. The number of likely N-dealkylation sites (N-methyl/N-ethyl adjacent to an activating group) is 1. The van der Waals surface area contributed by atoms with E-state index < -0.39 is 5.60 Å². The summed E-state index contributed by atoms with van der Waals surface area (Å²) < 4.78 is 0. The molecule has 3 rings (SSSR count). The third kappa shape index (κ3) is 3.67. The fourth-order valence-electron chi connectivity index (χ4n) is 3.66. The second-order valence-corrected chi connectivity index (χ2v) is 7.06. The zero-order valence-corrected chi connectivity index (χ0v) is 14.9. The highest BCUT2D eigenvalue weighted by atomic mass is 16.3. The fraction of sp³-hybridized carbons (Fsp3) is 0.611. The Morgan fingerprint density at radius 3 is 2.52 bits per heavy atom. The molecule has 136 valence electrons. The van der Waals surface area contributed by atoms with E-state index in [4.69, 9.17) is 0 Å². The van der Waals surface area contributed by atoms with Gasteiger partial charge in [0.2, 0.25) is 11.8 Å². The first kappa shape index (κ1) is 17.8. The molecule has 2 saturated heterocycles. The van der Waals surface area contributed by atoms with Crippen LogP contribution in [0.3, 0.4) is 0 Å². The summed E-state index contributed by atoms with van der Waals surface area (Å²) in [6.45, 7) is 4.36. The highest BCUT2D eigenvalue weighted by Crippen LogP contribution is 2.32. The van der Waals surface area contributed by atoms with Gasteiger partial charge in [-0.1, -0.05) is 6.07 Å². The number of hydrogen-bond acceptors (Lipinski definition) is 5. The maximum atomic E-state index is 12.9. The molecule has 7 nitrogen and oxygen atoms in total. The molecular formula is C18H26N4O3. The van der Waals surface area contributed by atoms with Gasteiger partial charge in [-0.2, -0.15) is 0 Å². The van der Waals surface area contributed by atoms with Crippen LogP contribution in [0.1, 0.15) is 25.3 Å².